The number of nitrogens with two attached hydrogens (primary N) is 1. The average molecular weight is 195 g/mol. The summed E-state index contributed by atoms with van der Waals surface area (Å²) in [7, 11) is -0.615. The molecule has 4 heteroatoms. The zero-order valence-electron chi connectivity index (χ0n) is 7.04. The first-order valence-electron chi connectivity index (χ1n) is 3.85. The molecular weight excluding hydrogens is 178 g/mol. The van der Waals surface area contributed by atoms with Crippen LogP contribution in [-0.4, -0.2) is 34.3 Å². The lowest BCUT2D eigenvalue weighted by Crippen LogP contribution is -2.08. The number of hydrogen-bond donors (Lipinski definition) is 1. The van der Waals surface area contributed by atoms with E-state index in [-0.39, 0.29) is 0 Å². The van der Waals surface area contributed by atoms with Gasteiger partial charge in [0.15, 0.2) is 0 Å². The van der Waals surface area contributed by atoms with Crippen LogP contribution in [0.15, 0.2) is 0 Å². The van der Waals surface area contributed by atoms with E-state index in [1.165, 1.54) is 0 Å². The Hall–Kier alpha value is 0.460. The van der Waals surface area contributed by atoms with Gasteiger partial charge in [-0.05, 0) is 31.4 Å². The molecule has 1 atom stereocenters. The van der Waals surface area contributed by atoms with Gasteiger partial charge in [-0.3, -0.25) is 4.21 Å². The second kappa shape index (κ2) is 8.56. The molecule has 68 valence electrons. The summed E-state index contributed by atoms with van der Waals surface area (Å²) in [5, 5.41) is 0. The van der Waals surface area contributed by atoms with Gasteiger partial charge >= 0.3 is 0 Å². The largest absolute Gasteiger partial charge is 0.330 e. The molecule has 0 amide bonds. The van der Waals surface area contributed by atoms with Crippen molar-refractivity contribution < 1.29 is 4.21 Å². The van der Waals surface area contributed by atoms with Crippen molar-refractivity contribution >= 4 is 22.6 Å². The Morgan fingerprint density at radius 2 is 2.00 bits per heavy atom. The molecule has 0 bridgehead atoms. The molecule has 0 aliphatic rings. The molecule has 1 unspecified atom stereocenters. The van der Waals surface area contributed by atoms with Gasteiger partial charge in [0, 0.05) is 22.3 Å². The minimum Gasteiger partial charge on any atom is -0.330 e. The fourth-order valence-corrected chi connectivity index (χ4v) is 2.49. The Labute approximate surface area is 75.8 Å². The monoisotopic (exact) mass is 195 g/mol. The van der Waals surface area contributed by atoms with Gasteiger partial charge < -0.3 is 5.73 Å². The van der Waals surface area contributed by atoms with Crippen LogP contribution in [0.2, 0.25) is 0 Å². The first-order valence-corrected chi connectivity index (χ1v) is 6.73. The molecule has 0 fully saturated rings. The van der Waals surface area contributed by atoms with Crippen molar-refractivity contribution in [2.75, 3.05) is 30.1 Å². The van der Waals surface area contributed by atoms with Crippen LogP contribution in [0.3, 0.4) is 0 Å². The molecule has 0 aromatic heterocycles. The number of thioether (sulfide) groups is 1. The number of rotatable bonds is 7. The molecule has 2 N–H and O–H groups in total. The minimum atomic E-state index is -0.615. The van der Waals surface area contributed by atoms with Gasteiger partial charge in [-0.2, -0.15) is 11.8 Å². The Morgan fingerprint density at radius 1 is 1.36 bits per heavy atom. The third-order valence-corrected chi connectivity index (χ3v) is 3.48. The second-order valence-electron chi connectivity index (χ2n) is 2.34. The zero-order chi connectivity index (χ0) is 8.53. The van der Waals surface area contributed by atoms with E-state index < -0.39 is 10.8 Å². The van der Waals surface area contributed by atoms with Gasteiger partial charge in [0.05, 0.1) is 0 Å². The molecule has 0 radical (unpaired) electrons. The summed E-state index contributed by atoms with van der Waals surface area (Å²) in [6, 6.07) is 0. The van der Waals surface area contributed by atoms with Crippen LogP contribution in [0, 0.1) is 0 Å². The van der Waals surface area contributed by atoms with E-state index >= 15 is 0 Å². The van der Waals surface area contributed by atoms with Crippen LogP contribution in [0.5, 0.6) is 0 Å². The molecule has 0 saturated carbocycles. The van der Waals surface area contributed by atoms with Crippen molar-refractivity contribution in [1.82, 2.24) is 0 Å². The third kappa shape index (κ3) is 8.37. The summed E-state index contributed by atoms with van der Waals surface area (Å²) in [5.41, 5.74) is 5.29. The fraction of sp³-hybridized carbons (Fsp3) is 1.00. The van der Waals surface area contributed by atoms with Crippen molar-refractivity contribution in [1.29, 1.82) is 0 Å². The molecule has 0 spiro atoms. The summed E-state index contributed by atoms with van der Waals surface area (Å²) in [4.78, 5) is 0. The first kappa shape index (κ1) is 11.5. The van der Waals surface area contributed by atoms with Crippen LogP contribution in [0.1, 0.15) is 12.8 Å². The lowest BCUT2D eigenvalue weighted by molar-refractivity contribution is 0.679. The van der Waals surface area contributed by atoms with Gasteiger partial charge in [-0.15, -0.1) is 0 Å². The van der Waals surface area contributed by atoms with Crippen LogP contribution in [0.4, 0.5) is 0 Å². The summed E-state index contributed by atoms with van der Waals surface area (Å²) in [6.07, 6.45) is 4.03. The van der Waals surface area contributed by atoms with E-state index in [0.717, 1.165) is 30.1 Å². The summed E-state index contributed by atoms with van der Waals surface area (Å²) >= 11 is 1.81. The van der Waals surface area contributed by atoms with Crippen molar-refractivity contribution in [2.45, 2.75) is 12.8 Å². The average Bonchev–Trinajstić information content (AvgIpc) is 2.01. The molecule has 0 aromatic rings. The van der Waals surface area contributed by atoms with E-state index in [9.17, 15) is 4.21 Å². The highest BCUT2D eigenvalue weighted by molar-refractivity contribution is 7.98. The molecule has 0 aliphatic heterocycles. The number of hydrogen-bond acceptors (Lipinski definition) is 3. The minimum absolute atomic E-state index is 0.615. The Bertz CT molecular complexity index is 109. The highest BCUT2D eigenvalue weighted by atomic mass is 32.2. The molecule has 0 heterocycles. The van der Waals surface area contributed by atoms with E-state index in [0.29, 0.717) is 6.54 Å². The lowest BCUT2D eigenvalue weighted by Gasteiger charge is -1.99. The SMILES string of the molecule is CSCCCS(=O)CCCN. The standard InChI is InChI=1S/C7H17NOS2/c1-10-5-3-7-11(9)6-2-4-8/h2-8H2,1H3. The highest BCUT2D eigenvalue weighted by Gasteiger charge is 1.97. The lowest BCUT2D eigenvalue weighted by atomic mass is 10.5. The first-order chi connectivity index (χ1) is 5.31. The predicted octanol–water partition coefficient (Wildman–Crippen LogP) is 0.837. The molecule has 0 aliphatic carbocycles. The van der Waals surface area contributed by atoms with E-state index in [4.69, 9.17) is 5.73 Å². The Morgan fingerprint density at radius 3 is 2.55 bits per heavy atom. The van der Waals surface area contributed by atoms with Crippen LogP contribution in [0.25, 0.3) is 0 Å². The Kier molecular flexibility index (Phi) is 8.91. The molecule has 0 rings (SSSR count). The fourth-order valence-electron chi connectivity index (χ4n) is 0.711. The van der Waals surface area contributed by atoms with Crippen LogP contribution >= 0.6 is 11.8 Å². The van der Waals surface area contributed by atoms with Crippen molar-refractivity contribution in [3.63, 3.8) is 0 Å². The smallest absolute Gasteiger partial charge is 0.0246 e. The van der Waals surface area contributed by atoms with Gasteiger partial charge in [-0.25, -0.2) is 0 Å². The van der Waals surface area contributed by atoms with E-state index in [1.54, 1.807) is 0 Å². The van der Waals surface area contributed by atoms with Crippen molar-refractivity contribution in [3.8, 4) is 0 Å². The molecule has 0 saturated heterocycles. The van der Waals surface area contributed by atoms with Crippen molar-refractivity contribution in [2.24, 2.45) is 5.73 Å². The maximum absolute atomic E-state index is 11.1. The second-order valence-corrected chi connectivity index (χ2v) is 5.02. The van der Waals surface area contributed by atoms with Gasteiger partial charge in [-0.1, -0.05) is 0 Å². The summed E-state index contributed by atoms with van der Waals surface area (Å²) in [6.45, 7) is 0.661. The van der Waals surface area contributed by atoms with Gasteiger partial charge in [0.25, 0.3) is 0 Å². The van der Waals surface area contributed by atoms with Crippen LogP contribution < -0.4 is 5.73 Å². The molecular formula is C7H17NOS2. The highest BCUT2D eigenvalue weighted by Crippen LogP contribution is 1.97. The van der Waals surface area contributed by atoms with Gasteiger partial charge in [0.1, 0.15) is 0 Å². The summed E-state index contributed by atoms with van der Waals surface area (Å²) in [5.74, 6) is 2.75. The topological polar surface area (TPSA) is 43.1 Å². The molecule has 2 nitrogen and oxygen atoms in total. The van der Waals surface area contributed by atoms with E-state index in [1.807, 2.05) is 11.8 Å². The maximum Gasteiger partial charge on any atom is 0.0246 e. The maximum atomic E-state index is 11.1. The van der Waals surface area contributed by atoms with E-state index in [2.05, 4.69) is 6.26 Å². The van der Waals surface area contributed by atoms with Crippen molar-refractivity contribution in [3.05, 3.63) is 0 Å². The quantitative estimate of drug-likeness (QED) is 0.612. The van der Waals surface area contributed by atoms with Gasteiger partial charge in [0.2, 0.25) is 0 Å². The van der Waals surface area contributed by atoms with Crippen LogP contribution in [-0.2, 0) is 10.8 Å². The third-order valence-electron chi connectivity index (χ3n) is 1.30. The Balaban J connectivity index is 3.09. The normalized spacial score (nSPS) is 13.3. The molecule has 11 heavy (non-hydrogen) atoms. The molecule has 0 aromatic carbocycles. The zero-order valence-corrected chi connectivity index (χ0v) is 8.68. The summed E-state index contributed by atoms with van der Waals surface area (Å²) < 4.78 is 11.1. The predicted molar refractivity (Wildman–Crippen MR) is 54.5 cm³/mol.